The largest absolute Gasteiger partial charge is 0.197 e. The van der Waals surface area contributed by atoms with Crippen molar-refractivity contribution in [2.75, 3.05) is 0 Å². The Bertz CT molecular complexity index is 356. The van der Waals surface area contributed by atoms with Gasteiger partial charge in [0.2, 0.25) is 0 Å². The fourth-order valence-electron chi connectivity index (χ4n) is 1.53. The predicted octanol–water partition coefficient (Wildman–Crippen LogP) is 4.11. The Morgan fingerprint density at radius 1 is 1.62 bits per heavy atom. The zero-order valence-corrected chi connectivity index (χ0v) is 9.97. The predicted molar refractivity (Wildman–Crippen MR) is 58.2 cm³/mol. The Morgan fingerprint density at radius 3 is 2.62 bits per heavy atom. The summed E-state index contributed by atoms with van der Waals surface area (Å²) in [4.78, 5) is 1.11. The number of thiophene rings is 1. The van der Waals surface area contributed by atoms with E-state index in [1.165, 1.54) is 11.3 Å². The molecule has 0 unspecified atom stereocenters. The molecule has 13 heavy (non-hydrogen) atoms. The van der Waals surface area contributed by atoms with Crippen LogP contribution in [0.5, 0.6) is 0 Å². The minimum atomic E-state index is -0.222. The summed E-state index contributed by atoms with van der Waals surface area (Å²) in [6, 6.07) is 4.38. The zero-order chi connectivity index (χ0) is 9.47. The smallest absolute Gasteiger partial charge is 0.107 e. The fourth-order valence-corrected chi connectivity index (χ4v) is 3.42. The number of hydrogen-bond donors (Lipinski definition) is 0. The van der Waals surface area contributed by atoms with Gasteiger partial charge in [0.15, 0.2) is 0 Å². The standard InChI is InChI=1S/C9H7BrClNS/c10-6-4-7(13-8(6)11)9(5-12)2-1-3-9/h4H,1-3H2. The van der Waals surface area contributed by atoms with Gasteiger partial charge in [0.05, 0.1) is 11.5 Å². The first-order valence-corrected chi connectivity index (χ1v) is 6.03. The Morgan fingerprint density at radius 2 is 2.31 bits per heavy atom. The minimum Gasteiger partial charge on any atom is -0.197 e. The van der Waals surface area contributed by atoms with E-state index in [4.69, 9.17) is 16.9 Å². The molecule has 1 fully saturated rings. The first kappa shape index (κ1) is 9.51. The lowest BCUT2D eigenvalue weighted by atomic mass is 9.69. The van der Waals surface area contributed by atoms with E-state index in [0.717, 1.165) is 32.9 Å². The van der Waals surface area contributed by atoms with E-state index in [-0.39, 0.29) is 5.41 Å². The molecule has 1 aromatic heterocycles. The second kappa shape index (κ2) is 3.27. The van der Waals surface area contributed by atoms with Crippen molar-refractivity contribution in [3.63, 3.8) is 0 Å². The molecule has 0 aliphatic heterocycles. The molecule has 0 spiro atoms. The van der Waals surface area contributed by atoms with E-state index in [2.05, 4.69) is 22.0 Å². The van der Waals surface area contributed by atoms with Crippen molar-refractivity contribution in [1.29, 1.82) is 5.26 Å². The maximum absolute atomic E-state index is 9.09. The molecule has 1 heterocycles. The highest BCUT2D eigenvalue weighted by Crippen LogP contribution is 2.48. The summed E-state index contributed by atoms with van der Waals surface area (Å²) >= 11 is 10.8. The molecule has 1 aromatic rings. The normalized spacial score (nSPS) is 19.2. The van der Waals surface area contributed by atoms with E-state index in [9.17, 15) is 0 Å². The number of nitriles is 1. The Labute approximate surface area is 94.5 Å². The molecule has 1 aliphatic carbocycles. The first-order valence-electron chi connectivity index (χ1n) is 4.04. The Kier molecular flexibility index (Phi) is 2.39. The fraction of sp³-hybridized carbons (Fsp3) is 0.444. The highest BCUT2D eigenvalue weighted by molar-refractivity contribution is 9.10. The van der Waals surface area contributed by atoms with Crippen LogP contribution in [0.2, 0.25) is 4.34 Å². The molecule has 68 valence electrons. The summed E-state index contributed by atoms with van der Waals surface area (Å²) in [5.41, 5.74) is -0.222. The van der Waals surface area contributed by atoms with Gasteiger partial charge in [0.25, 0.3) is 0 Å². The first-order chi connectivity index (χ1) is 6.18. The lowest BCUT2D eigenvalue weighted by Gasteiger charge is -2.33. The second-order valence-corrected chi connectivity index (χ2v) is 5.79. The minimum absolute atomic E-state index is 0.222. The molecule has 0 atom stereocenters. The molecule has 0 saturated heterocycles. The average Bonchev–Trinajstić information content (AvgIpc) is 2.31. The van der Waals surface area contributed by atoms with Crippen molar-refractivity contribution in [2.45, 2.75) is 24.7 Å². The molecule has 0 bridgehead atoms. The summed E-state index contributed by atoms with van der Waals surface area (Å²) in [6.07, 6.45) is 3.11. The lowest BCUT2D eigenvalue weighted by Crippen LogP contribution is -2.31. The van der Waals surface area contributed by atoms with Crippen LogP contribution in [-0.2, 0) is 5.41 Å². The van der Waals surface area contributed by atoms with E-state index in [1.54, 1.807) is 0 Å². The van der Waals surface area contributed by atoms with Crippen LogP contribution in [0.3, 0.4) is 0 Å². The van der Waals surface area contributed by atoms with Gasteiger partial charge >= 0.3 is 0 Å². The van der Waals surface area contributed by atoms with Crippen molar-refractivity contribution in [3.05, 3.63) is 19.8 Å². The molecular formula is C9H7BrClNS. The van der Waals surface area contributed by atoms with Crippen molar-refractivity contribution in [1.82, 2.24) is 0 Å². The number of nitrogens with zero attached hydrogens (tertiary/aromatic N) is 1. The monoisotopic (exact) mass is 275 g/mol. The van der Waals surface area contributed by atoms with Crippen LogP contribution < -0.4 is 0 Å². The summed E-state index contributed by atoms with van der Waals surface area (Å²) in [5, 5.41) is 9.09. The van der Waals surface area contributed by atoms with Gasteiger partial charge in [0, 0.05) is 9.35 Å². The summed E-state index contributed by atoms with van der Waals surface area (Å²) in [7, 11) is 0. The molecule has 1 aliphatic rings. The van der Waals surface area contributed by atoms with E-state index in [1.807, 2.05) is 6.07 Å². The van der Waals surface area contributed by atoms with Gasteiger partial charge < -0.3 is 0 Å². The van der Waals surface area contributed by atoms with Gasteiger partial charge in [-0.1, -0.05) is 11.6 Å². The van der Waals surface area contributed by atoms with Crippen molar-refractivity contribution in [3.8, 4) is 6.07 Å². The molecule has 1 saturated carbocycles. The van der Waals surface area contributed by atoms with Crippen molar-refractivity contribution < 1.29 is 0 Å². The summed E-state index contributed by atoms with van der Waals surface area (Å²) in [6.45, 7) is 0. The van der Waals surface area contributed by atoms with Crippen molar-refractivity contribution >= 4 is 38.9 Å². The number of hydrogen-bond acceptors (Lipinski definition) is 2. The van der Waals surface area contributed by atoms with Crippen LogP contribution in [0.25, 0.3) is 0 Å². The van der Waals surface area contributed by atoms with E-state index in [0.29, 0.717) is 0 Å². The van der Waals surface area contributed by atoms with Crippen LogP contribution in [0.4, 0.5) is 0 Å². The number of halogens is 2. The average molecular weight is 277 g/mol. The molecule has 1 nitrogen and oxygen atoms in total. The third-order valence-corrected chi connectivity index (χ3v) is 5.22. The maximum atomic E-state index is 9.09. The van der Waals surface area contributed by atoms with Gasteiger partial charge in [0.1, 0.15) is 4.34 Å². The molecule has 0 amide bonds. The topological polar surface area (TPSA) is 23.8 Å². The van der Waals surface area contributed by atoms with Gasteiger partial charge in [-0.25, -0.2) is 0 Å². The van der Waals surface area contributed by atoms with Gasteiger partial charge in [-0.3, -0.25) is 0 Å². The SMILES string of the molecule is N#CC1(c2cc(Br)c(Cl)s2)CCC1. The van der Waals surface area contributed by atoms with Crippen LogP contribution in [0, 0.1) is 11.3 Å². The van der Waals surface area contributed by atoms with Crippen LogP contribution in [0.15, 0.2) is 10.5 Å². The molecular weight excluding hydrogens is 270 g/mol. The Balaban J connectivity index is 2.40. The second-order valence-electron chi connectivity index (χ2n) is 3.28. The van der Waals surface area contributed by atoms with Crippen LogP contribution in [0.1, 0.15) is 24.1 Å². The van der Waals surface area contributed by atoms with Crippen LogP contribution >= 0.6 is 38.9 Å². The number of rotatable bonds is 1. The summed E-state index contributed by atoms with van der Waals surface area (Å²) in [5.74, 6) is 0. The summed E-state index contributed by atoms with van der Waals surface area (Å²) < 4.78 is 1.66. The molecule has 0 radical (unpaired) electrons. The zero-order valence-electron chi connectivity index (χ0n) is 6.81. The van der Waals surface area contributed by atoms with E-state index >= 15 is 0 Å². The highest BCUT2D eigenvalue weighted by Gasteiger charge is 2.40. The quantitative estimate of drug-likeness (QED) is 0.757. The van der Waals surface area contributed by atoms with Gasteiger partial charge in [-0.05, 0) is 41.3 Å². The van der Waals surface area contributed by atoms with Gasteiger partial charge in [-0.15, -0.1) is 11.3 Å². The highest BCUT2D eigenvalue weighted by atomic mass is 79.9. The third kappa shape index (κ3) is 1.41. The Hall–Kier alpha value is -0.0400. The molecule has 2 rings (SSSR count). The molecule has 0 aromatic carbocycles. The molecule has 4 heteroatoms. The lowest BCUT2D eigenvalue weighted by molar-refractivity contribution is 0.330. The third-order valence-electron chi connectivity index (χ3n) is 2.54. The van der Waals surface area contributed by atoms with Gasteiger partial charge in [-0.2, -0.15) is 5.26 Å². The van der Waals surface area contributed by atoms with Crippen LogP contribution in [-0.4, -0.2) is 0 Å². The van der Waals surface area contributed by atoms with E-state index < -0.39 is 0 Å². The van der Waals surface area contributed by atoms with Crippen molar-refractivity contribution in [2.24, 2.45) is 0 Å². The molecule has 0 N–H and O–H groups in total. The maximum Gasteiger partial charge on any atom is 0.107 e.